The summed E-state index contributed by atoms with van der Waals surface area (Å²) in [6.07, 6.45) is 3.71. The molecule has 0 aromatic heterocycles. The summed E-state index contributed by atoms with van der Waals surface area (Å²) in [5.74, 6) is -0.140. The second-order valence-electron chi connectivity index (χ2n) is 3.89. The Hall–Kier alpha value is -0.570. The van der Waals surface area contributed by atoms with Crippen molar-refractivity contribution in [2.24, 2.45) is 5.92 Å². The highest BCUT2D eigenvalue weighted by Gasteiger charge is 2.14. The van der Waals surface area contributed by atoms with Crippen LogP contribution in [0.15, 0.2) is 0 Å². The van der Waals surface area contributed by atoms with Crippen molar-refractivity contribution in [3.63, 3.8) is 0 Å². The van der Waals surface area contributed by atoms with Gasteiger partial charge in [0.15, 0.2) is 0 Å². The molecule has 3 nitrogen and oxygen atoms in total. The summed E-state index contributed by atoms with van der Waals surface area (Å²) in [5, 5.41) is 0. The standard InChI is InChI=1S/C11H23NO2/c1-5-6-7-8-12(3)9-10(2)11(13)14-4/h10H,5-9H2,1-4H3. The molecular weight excluding hydrogens is 178 g/mol. The van der Waals surface area contributed by atoms with E-state index in [1.165, 1.54) is 26.4 Å². The number of carbonyl (C=O) groups excluding carboxylic acids is 1. The van der Waals surface area contributed by atoms with Crippen LogP contribution in [0.4, 0.5) is 0 Å². The van der Waals surface area contributed by atoms with Gasteiger partial charge in [-0.3, -0.25) is 4.79 Å². The molecule has 0 aliphatic carbocycles. The van der Waals surface area contributed by atoms with Crippen molar-refractivity contribution >= 4 is 5.97 Å². The van der Waals surface area contributed by atoms with Crippen molar-refractivity contribution in [1.82, 2.24) is 4.90 Å². The normalized spacial score (nSPS) is 12.9. The van der Waals surface area contributed by atoms with E-state index < -0.39 is 0 Å². The fourth-order valence-electron chi connectivity index (χ4n) is 1.47. The second-order valence-corrected chi connectivity index (χ2v) is 3.89. The molecule has 3 heteroatoms. The number of carbonyl (C=O) groups is 1. The molecule has 0 bridgehead atoms. The van der Waals surface area contributed by atoms with Crippen LogP contribution in [0.2, 0.25) is 0 Å². The van der Waals surface area contributed by atoms with E-state index in [0.29, 0.717) is 0 Å². The molecule has 0 aromatic carbocycles. The van der Waals surface area contributed by atoms with E-state index in [9.17, 15) is 4.79 Å². The lowest BCUT2D eigenvalue weighted by Gasteiger charge is -2.19. The first-order valence-electron chi connectivity index (χ1n) is 5.38. The third-order valence-electron chi connectivity index (χ3n) is 2.33. The van der Waals surface area contributed by atoms with Gasteiger partial charge in [-0.2, -0.15) is 0 Å². The molecule has 0 heterocycles. The zero-order chi connectivity index (χ0) is 11.0. The van der Waals surface area contributed by atoms with Gasteiger partial charge in [-0.15, -0.1) is 0 Å². The summed E-state index contributed by atoms with van der Waals surface area (Å²) in [6.45, 7) is 5.95. The Balaban J connectivity index is 3.59. The van der Waals surface area contributed by atoms with Crippen molar-refractivity contribution in [1.29, 1.82) is 0 Å². The molecule has 1 unspecified atom stereocenters. The Morgan fingerprint density at radius 1 is 1.43 bits per heavy atom. The highest BCUT2D eigenvalue weighted by Crippen LogP contribution is 2.02. The van der Waals surface area contributed by atoms with Gasteiger partial charge in [0.05, 0.1) is 13.0 Å². The molecule has 14 heavy (non-hydrogen) atoms. The number of esters is 1. The Morgan fingerprint density at radius 2 is 2.07 bits per heavy atom. The lowest BCUT2D eigenvalue weighted by molar-refractivity contribution is -0.145. The SMILES string of the molecule is CCCCCN(C)CC(C)C(=O)OC. The predicted molar refractivity (Wildman–Crippen MR) is 58.2 cm³/mol. The lowest BCUT2D eigenvalue weighted by Crippen LogP contribution is -2.30. The zero-order valence-electron chi connectivity index (χ0n) is 9.88. The Bertz CT molecular complexity index is 159. The Morgan fingerprint density at radius 3 is 2.57 bits per heavy atom. The maximum Gasteiger partial charge on any atom is 0.309 e. The summed E-state index contributed by atoms with van der Waals surface area (Å²) in [5.41, 5.74) is 0. The van der Waals surface area contributed by atoms with E-state index in [4.69, 9.17) is 0 Å². The van der Waals surface area contributed by atoms with Crippen LogP contribution in [-0.4, -0.2) is 38.1 Å². The number of unbranched alkanes of at least 4 members (excludes halogenated alkanes) is 2. The molecule has 0 aliphatic heterocycles. The number of rotatable bonds is 7. The first kappa shape index (κ1) is 13.4. The number of nitrogens with zero attached hydrogens (tertiary/aromatic N) is 1. The molecule has 0 amide bonds. The zero-order valence-corrected chi connectivity index (χ0v) is 9.88. The molecule has 84 valence electrons. The molecule has 0 rings (SSSR count). The van der Waals surface area contributed by atoms with Gasteiger partial charge >= 0.3 is 5.97 Å². The molecule has 0 aromatic rings. The molecule has 0 saturated carbocycles. The van der Waals surface area contributed by atoms with Crippen LogP contribution in [0.1, 0.15) is 33.1 Å². The van der Waals surface area contributed by atoms with Gasteiger partial charge in [-0.25, -0.2) is 0 Å². The first-order chi connectivity index (χ1) is 6.61. The number of hydrogen-bond donors (Lipinski definition) is 0. The van der Waals surface area contributed by atoms with Gasteiger partial charge in [0.25, 0.3) is 0 Å². The average molecular weight is 201 g/mol. The molecular formula is C11H23NO2. The third-order valence-corrected chi connectivity index (χ3v) is 2.33. The molecule has 0 N–H and O–H groups in total. The highest BCUT2D eigenvalue weighted by molar-refractivity contribution is 5.71. The fourth-order valence-corrected chi connectivity index (χ4v) is 1.47. The van der Waals surface area contributed by atoms with E-state index in [-0.39, 0.29) is 11.9 Å². The third kappa shape index (κ3) is 5.97. The van der Waals surface area contributed by atoms with Crippen molar-refractivity contribution < 1.29 is 9.53 Å². The summed E-state index contributed by atoms with van der Waals surface area (Å²) in [6, 6.07) is 0. The number of methoxy groups -OCH3 is 1. The maximum atomic E-state index is 11.1. The van der Waals surface area contributed by atoms with E-state index >= 15 is 0 Å². The van der Waals surface area contributed by atoms with Crippen LogP contribution in [0, 0.1) is 5.92 Å². The monoisotopic (exact) mass is 201 g/mol. The van der Waals surface area contributed by atoms with Crippen molar-refractivity contribution in [2.75, 3.05) is 27.2 Å². The van der Waals surface area contributed by atoms with Crippen LogP contribution in [-0.2, 0) is 9.53 Å². The molecule has 0 spiro atoms. The maximum absolute atomic E-state index is 11.1. The number of hydrogen-bond acceptors (Lipinski definition) is 3. The highest BCUT2D eigenvalue weighted by atomic mass is 16.5. The molecule has 0 aliphatic rings. The topological polar surface area (TPSA) is 29.5 Å². The molecule has 1 atom stereocenters. The summed E-state index contributed by atoms with van der Waals surface area (Å²) >= 11 is 0. The number of ether oxygens (including phenoxy) is 1. The second kappa shape index (κ2) is 7.80. The molecule has 0 fully saturated rings. The largest absolute Gasteiger partial charge is 0.469 e. The van der Waals surface area contributed by atoms with Crippen molar-refractivity contribution in [3.05, 3.63) is 0 Å². The van der Waals surface area contributed by atoms with Crippen LogP contribution in [0.25, 0.3) is 0 Å². The van der Waals surface area contributed by atoms with E-state index in [1.54, 1.807) is 0 Å². The van der Waals surface area contributed by atoms with Crippen LogP contribution >= 0.6 is 0 Å². The van der Waals surface area contributed by atoms with Gasteiger partial charge < -0.3 is 9.64 Å². The molecule has 0 saturated heterocycles. The smallest absolute Gasteiger partial charge is 0.309 e. The van der Waals surface area contributed by atoms with Gasteiger partial charge in [0.2, 0.25) is 0 Å². The average Bonchev–Trinajstić information content (AvgIpc) is 2.16. The van der Waals surface area contributed by atoms with E-state index in [1.807, 2.05) is 6.92 Å². The van der Waals surface area contributed by atoms with Crippen LogP contribution in [0.3, 0.4) is 0 Å². The first-order valence-corrected chi connectivity index (χ1v) is 5.38. The van der Waals surface area contributed by atoms with E-state index in [2.05, 4.69) is 23.6 Å². The lowest BCUT2D eigenvalue weighted by atomic mass is 10.1. The quantitative estimate of drug-likeness (QED) is 0.465. The minimum absolute atomic E-state index is 0.0216. The fraction of sp³-hybridized carbons (Fsp3) is 0.909. The minimum Gasteiger partial charge on any atom is -0.469 e. The molecule has 0 radical (unpaired) electrons. The van der Waals surface area contributed by atoms with Gasteiger partial charge in [-0.1, -0.05) is 26.7 Å². The summed E-state index contributed by atoms with van der Waals surface area (Å²) < 4.78 is 4.67. The van der Waals surface area contributed by atoms with Crippen LogP contribution < -0.4 is 0 Å². The van der Waals surface area contributed by atoms with Gasteiger partial charge in [0.1, 0.15) is 0 Å². The van der Waals surface area contributed by atoms with Crippen molar-refractivity contribution in [2.45, 2.75) is 33.1 Å². The Kier molecular flexibility index (Phi) is 7.48. The minimum atomic E-state index is -0.118. The van der Waals surface area contributed by atoms with E-state index in [0.717, 1.165) is 13.1 Å². The summed E-state index contributed by atoms with van der Waals surface area (Å²) in [7, 11) is 3.49. The predicted octanol–water partition coefficient (Wildman–Crippen LogP) is 1.92. The van der Waals surface area contributed by atoms with Gasteiger partial charge in [0, 0.05) is 6.54 Å². The van der Waals surface area contributed by atoms with Crippen LogP contribution in [0.5, 0.6) is 0 Å². The summed E-state index contributed by atoms with van der Waals surface area (Å²) in [4.78, 5) is 13.3. The van der Waals surface area contributed by atoms with Crippen molar-refractivity contribution in [3.8, 4) is 0 Å². The van der Waals surface area contributed by atoms with Gasteiger partial charge in [-0.05, 0) is 20.0 Å². The Labute approximate surface area is 87.4 Å².